The third kappa shape index (κ3) is 4.47. The molecule has 0 rings (SSSR count). The Labute approximate surface area is 97.3 Å². The van der Waals surface area contributed by atoms with Gasteiger partial charge in [0.1, 0.15) is 0 Å². The SMILES string of the molecule is CCC(CC)(CO)NC(=O)C(N)CCOC. The summed E-state index contributed by atoms with van der Waals surface area (Å²) < 4.78 is 4.86. The molecule has 0 fully saturated rings. The predicted molar refractivity (Wildman–Crippen MR) is 63.0 cm³/mol. The predicted octanol–water partition coefficient (Wildman–Crippen LogP) is 0.0175. The molecule has 96 valence electrons. The highest BCUT2D eigenvalue weighted by atomic mass is 16.5. The van der Waals surface area contributed by atoms with Crippen LogP contribution in [0.5, 0.6) is 0 Å². The van der Waals surface area contributed by atoms with Crippen molar-refractivity contribution in [3.8, 4) is 0 Å². The molecule has 0 heterocycles. The molecule has 0 aliphatic carbocycles. The molecule has 0 aliphatic heterocycles. The van der Waals surface area contributed by atoms with Gasteiger partial charge < -0.3 is 20.9 Å². The normalized spacial score (nSPS) is 13.6. The van der Waals surface area contributed by atoms with E-state index in [1.807, 2.05) is 13.8 Å². The van der Waals surface area contributed by atoms with Crippen LogP contribution in [0.25, 0.3) is 0 Å². The molecular weight excluding hydrogens is 208 g/mol. The summed E-state index contributed by atoms with van der Waals surface area (Å²) in [5, 5.41) is 12.1. The number of hydrogen-bond acceptors (Lipinski definition) is 4. The lowest BCUT2D eigenvalue weighted by atomic mass is 9.93. The number of hydrogen-bond donors (Lipinski definition) is 3. The fourth-order valence-corrected chi connectivity index (χ4v) is 1.42. The van der Waals surface area contributed by atoms with Gasteiger partial charge in [0, 0.05) is 13.7 Å². The van der Waals surface area contributed by atoms with Gasteiger partial charge >= 0.3 is 0 Å². The minimum Gasteiger partial charge on any atom is -0.394 e. The quantitative estimate of drug-likeness (QED) is 0.550. The van der Waals surface area contributed by atoms with Gasteiger partial charge in [-0.25, -0.2) is 0 Å². The van der Waals surface area contributed by atoms with Gasteiger partial charge in [0.25, 0.3) is 0 Å². The summed E-state index contributed by atoms with van der Waals surface area (Å²) in [6, 6.07) is -0.580. The highest BCUT2D eigenvalue weighted by Gasteiger charge is 2.28. The van der Waals surface area contributed by atoms with E-state index in [1.54, 1.807) is 7.11 Å². The Morgan fingerprint density at radius 3 is 2.44 bits per heavy atom. The van der Waals surface area contributed by atoms with Crippen LogP contribution in [0.4, 0.5) is 0 Å². The molecule has 0 bridgehead atoms. The summed E-state index contributed by atoms with van der Waals surface area (Å²) in [4.78, 5) is 11.7. The Balaban J connectivity index is 4.28. The number of nitrogens with two attached hydrogens (primary N) is 1. The molecule has 0 saturated carbocycles. The first-order valence-corrected chi connectivity index (χ1v) is 5.72. The van der Waals surface area contributed by atoms with Crippen molar-refractivity contribution in [3.05, 3.63) is 0 Å². The number of methoxy groups -OCH3 is 1. The second-order valence-electron chi connectivity index (χ2n) is 4.02. The average molecular weight is 232 g/mol. The topological polar surface area (TPSA) is 84.6 Å². The van der Waals surface area contributed by atoms with Crippen LogP contribution in [0.3, 0.4) is 0 Å². The molecule has 0 aromatic rings. The van der Waals surface area contributed by atoms with Gasteiger partial charge in [0.15, 0.2) is 0 Å². The van der Waals surface area contributed by atoms with Crippen molar-refractivity contribution in [1.29, 1.82) is 0 Å². The molecule has 4 N–H and O–H groups in total. The van der Waals surface area contributed by atoms with Crippen molar-refractivity contribution in [2.24, 2.45) is 5.73 Å². The molecule has 16 heavy (non-hydrogen) atoms. The number of aliphatic hydroxyl groups excluding tert-OH is 1. The van der Waals surface area contributed by atoms with Crippen molar-refractivity contribution >= 4 is 5.91 Å². The lowest BCUT2D eigenvalue weighted by molar-refractivity contribution is -0.125. The summed E-state index contributed by atoms with van der Waals surface area (Å²) in [6.45, 7) is 4.25. The first-order valence-electron chi connectivity index (χ1n) is 5.72. The smallest absolute Gasteiger partial charge is 0.237 e. The fourth-order valence-electron chi connectivity index (χ4n) is 1.42. The molecule has 0 saturated heterocycles. The summed E-state index contributed by atoms with van der Waals surface area (Å²) in [7, 11) is 1.57. The van der Waals surface area contributed by atoms with E-state index >= 15 is 0 Å². The zero-order chi connectivity index (χ0) is 12.6. The van der Waals surface area contributed by atoms with Gasteiger partial charge in [0.05, 0.1) is 18.2 Å². The Morgan fingerprint density at radius 1 is 1.50 bits per heavy atom. The van der Waals surface area contributed by atoms with Gasteiger partial charge in [-0.05, 0) is 19.3 Å². The van der Waals surface area contributed by atoms with Crippen LogP contribution in [0.1, 0.15) is 33.1 Å². The van der Waals surface area contributed by atoms with E-state index in [0.717, 1.165) is 0 Å². The number of amides is 1. The van der Waals surface area contributed by atoms with Crippen LogP contribution in [-0.2, 0) is 9.53 Å². The van der Waals surface area contributed by atoms with E-state index < -0.39 is 11.6 Å². The molecule has 0 radical (unpaired) electrons. The van der Waals surface area contributed by atoms with E-state index in [2.05, 4.69) is 5.32 Å². The third-order valence-corrected chi connectivity index (χ3v) is 3.01. The number of nitrogens with one attached hydrogen (secondary N) is 1. The summed E-state index contributed by atoms with van der Waals surface area (Å²) in [6.07, 6.45) is 1.85. The van der Waals surface area contributed by atoms with E-state index in [0.29, 0.717) is 25.9 Å². The first-order chi connectivity index (χ1) is 7.55. The third-order valence-electron chi connectivity index (χ3n) is 3.01. The van der Waals surface area contributed by atoms with Gasteiger partial charge in [0.2, 0.25) is 5.91 Å². The Kier molecular flexibility index (Phi) is 7.29. The highest BCUT2D eigenvalue weighted by molar-refractivity contribution is 5.82. The van der Waals surface area contributed by atoms with Gasteiger partial charge in [-0.3, -0.25) is 4.79 Å². The molecular formula is C11H24N2O3. The van der Waals surface area contributed by atoms with Crippen LogP contribution in [0, 0.1) is 0 Å². The minimum atomic E-state index is -0.580. The second-order valence-corrected chi connectivity index (χ2v) is 4.02. The van der Waals surface area contributed by atoms with E-state index in [-0.39, 0.29) is 12.5 Å². The maximum atomic E-state index is 11.7. The van der Waals surface area contributed by atoms with E-state index in [1.165, 1.54) is 0 Å². The average Bonchev–Trinajstić information content (AvgIpc) is 2.32. The van der Waals surface area contributed by atoms with Crippen molar-refractivity contribution in [1.82, 2.24) is 5.32 Å². The van der Waals surface area contributed by atoms with Gasteiger partial charge in [-0.1, -0.05) is 13.8 Å². The van der Waals surface area contributed by atoms with Crippen LogP contribution in [0.2, 0.25) is 0 Å². The van der Waals surface area contributed by atoms with Crippen molar-refractivity contribution < 1.29 is 14.6 Å². The Bertz CT molecular complexity index is 197. The number of rotatable bonds is 8. The largest absolute Gasteiger partial charge is 0.394 e. The monoisotopic (exact) mass is 232 g/mol. The standard InChI is InChI=1S/C11H24N2O3/c1-4-11(5-2,8-14)13-10(15)9(12)6-7-16-3/h9,14H,4-8,12H2,1-3H3,(H,13,15). The molecule has 0 aliphatic rings. The first kappa shape index (κ1) is 15.3. The van der Waals surface area contributed by atoms with Gasteiger partial charge in [-0.2, -0.15) is 0 Å². The Morgan fingerprint density at radius 2 is 2.06 bits per heavy atom. The lowest BCUT2D eigenvalue weighted by Crippen LogP contribution is -2.55. The summed E-state index contributed by atoms with van der Waals surface area (Å²) >= 11 is 0. The molecule has 1 atom stereocenters. The number of aliphatic hydroxyl groups is 1. The van der Waals surface area contributed by atoms with Crippen molar-refractivity contribution in [2.75, 3.05) is 20.3 Å². The molecule has 5 nitrogen and oxygen atoms in total. The number of carbonyl (C=O) groups is 1. The molecule has 0 aromatic carbocycles. The zero-order valence-corrected chi connectivity index (χ0v) is 10.5. The molecule has 1 unspecified atom stereocenters. The molecule has 0 aromatic heterocycles. The van der Waals surface area contributed by atoms with E-state index in [9.17, 15) is 9.90 Å². The van der Waals surface area contributed by atoms with E-state index in [4.69, 9.17) is 10.5 Å². The second kappa shape index (κ2) is 7.60. The maximum Gasteiger partial charge on any atom is 0.237 e. The maximum absolute atomic E-state index is 11.7. The summed E-state index contributed by atoms with van der Waals surface area (Å²) in [5.74, 6) is -0.227. The molecule has 5 heteroatoms. The summed E-state index contributed by atoms with van der Waals surface area (Å²) in [5.41, 5.74) is 5.16. The minimum absolute atomic E-state index is 0.0667. The van der Waals surface area contributed by atoms with Gasteiger partial charge in [-0.15, -0.1) is 0 Å². The molecule has 1 amide bonds. The van der Waals surface area contributed by atoms with Crippen LogP contribution < -0.4 is 11.1 Å². The van der Waals surface area contributed by atoms with Crippen LogP contribution in [-0.4, -0.2) is 42.9 Å². The van der Waals surface area contributed by atoms with Crippen molar-refractivity contribution in [2.45, 2.75) is 44.7 Å². The van der Waals surface area contributed by atoms with Crippen molar-refractivity contribution in [3.63, 3.8) is 0 Å². The highest BCUT2D eigenvalue weighted by Crippen LogP contribution is 2.14. The number of carbonyl (C=O) groups excluding carboxylic acids is 1. The fraction of sp³-hybridized carbons (Fsp3) is 0.909. The Hall–Kier alpha value is -0.650. The lowest BCUT2D eigenvalue weighted by Gasteiger charge is -2.31. The number of ether oxygens (including phenoxy) is 1. The van der Waals surface area contributed by atoms with Crippen LogP contribution >= 0.6 is 0 Å². The van der Waals surface area contributed by atoms with Crippen LogP contribution in [0.15, 0.2) is 0 Å². The zero-order valence-electron chi connectivity index (χ0n) is 10.5. The molecule has 0 spiro atoms.